The summed E-state index contributed by atoms with van der Waals surface area (Å²) in [6.07, 6.45) is 0. The van der Waals surface area contributed by atoms with E-state index in [9.17, 15) is 4.79 Å². The molecule has 0 radical (unpaired) electrons. The molecule has 0 bridgehead atoms. The SMILES string of the molecule is O=C(c1ccc2cc(Cl)c3ccccc3c2c1)C(Br)CBr. The molecule has 0 spiro atoms. The highest BCUT2D eigenvalue weighted by atomic mass is 79.9. The van der Waals surface area contributed by atoms with Crippen molar-refractivity contribution in [3.05, 3.63) is 59.1 Å². The van der Waals surface area contributed by atoms with E-state index in [-0.39, 0.29) is 10.6 Å². The monoisotopic (exact) mass is 424 g/mol. The predicted molar refractivity (Wildman–Crippen MR) is 97.3 cm³/mol. The maximum Gasteiger partial charge on any atom is 0.177 e. The minimum absolute atomic E-state index is 0.0767. The molecule has 0 aliphatic carbocycles. The first kappa shape index (κ1) is 15.0. The highest BCUT2D eigenvalue weighted by molar-refractivity contribution is 9.12. The summed E-state index contributed by atoms with van der Waals surface area (Å²) in [7, 11) is 0. The standard InChI is InChI=1S/C17H11Br2ClO/c18-9-15(19)17(21)11-6-5-10-8-16(20)13-4-2-1-3-12(13)14(10)7-11/h1-8,15H,9H2. The van der Waals surface area contributed by atoms with Gasteiger partial charge in [-0.15, -0.1) is 0 Å². The molecule has 3 aromatic carbocycles. The fourth-order valence-electron chi connectivity index (χ4n) is 2.46. The van der Waals surface area contributed by atoms with Crippen LogP contribution in [0.2, 0.25) is 5.02 Å². The number of ketones is 1. The van der Waals surface area contributed by atoms with Gasteiger partial charge < -0.3 is 0 Å². The molecule has 1 nitrogen and oxygen atoms in total. The van der Waals surface area contributed by atoms with Crippen LogP contribution < -0.4 is 0 Å². The average molecular weight is 427 g/mol. The number of hydrogen-bond acceptors (Lipinski definition) is 1. The second-order valence-electron chi connectivity index (χ2n) is 4.83. The molecule has 106 valence electrons. The van der Waals surface area contributed by atoms with Crippen molar-refractivity contribution in [2.75, 3.05) is 5.33 Å². The number of rotatable bonds is 3. The highest BCUT2D eigenvalue weighted by Gasteiger charge is 2.16. The van der Waals surface area contributed by atoms with Gasteiger partial charge in [-0.1, -0.05) is 79.9 Å². The Labute approximate surface area is 144 Å². The second-order valence-corrected chi connectivity index (χ2v) is 6.99. The molecule has 0 aromatic heterocycles. The van der Waals surface area contributed by atoms with E-state index in [0.29, 0.717) is 10.9 Å². The van der Waals surface area contributed by atoms with Gasteiger partial charge in [0.2, 0.25) is 0 Å². The molecule has 3 aromatic rings. The van der Waals surface area contributed by atoms with E-state index in [4.69, 9.17) is 11.6 Å². The van der Waals surface area contributed by atoms with Gasteiger partial charge in [-0.3, -0.25) is 4.79 Å². The maximum absolute atomic E-state index is 12.3. The lowest BCUT2D eigenvalue weighted by atomic mass is 9.98. The topological polar surface area (TPSA) is 17.1 Å². The first-order valence-electron chi connectivity index (χ1n) is 6.47. The van der Waals surface area contributed by atoms with Gasteiger partial charge in [0.05, 0.1) is 4.83 Å². The number of carbonyl (C=O) groups excluding carboxylic acids is 1. The van der Waals surface area contributed by atoms with Crippen molar-refractivity contribution >= 4 is 70.8 Å². The van der Waals surface area contributed by atoms with Gasteiger partial charge in [0.15, 0.2) is 5.78 Å². The summed E-state index contributed by atoms with van der Waals surface area (Å²) in [4.78, 5) is 12.1. The Morgan fingerprint density at radius 3 is 2.48 bits per heavy atom. The Balaban J connectivity index is 2.28. The number of hydrogen-bond donors (Lipinski definition) is 0. The molecule has 0 saturated carbocycles. The minimum atomic E-state index is -0.214. The Bertz CT molecular complexity index is 845. The van der Waals surface area contributed by atoms with Crippen LogP contribution in [0.5, 0.6) is 0 Å². The second kappa shape index (κ2) is 6.07. The summed E-state index contributed by atoms with van der Waals surface area (Å²) in [6, 6.07) is 15.7. The minimum Gasteiger partial charge on any atom is -0.293 e. The molecular formula is C17H11Br2ClO. The molecule has 0 N–H and O–H groups in total. The quantitative estimate of drug-likeness (QED) is 0.286. The van der Waals surface area contributed by atoms with Crippen molar-refractivity contribution in [1.82, 2.24) is 0 Å². The predicted octanol–water partition coefficient (Wildman–Crippen LogP) is 5.99. The largest absolute Gasteiger partial charge is 0.293 e. The zero-order valence-corrected chi connectivity index (χ0v) is 14.9. The number of benzene rings is 3. The zero-order valence-electron chi connectivity index (χ0n) is 10.9. The zero-order chi connectivity index (χ0) is 15.0. The van der Waals surface area contributed by atoms with Crippen LogP contribution in [0.25, 0.3) is 21.5 Å². The van der Waals surface area contributed by atoms with E-state index in [0.717, 1.165) is 26.6 Å². The molecule has 21 heavy (non-hydrogen) atoms. The summed E-state index contributed by atoms with van der Waals surface area (Å²) in [5, 5.41) is 5.49. The van der Waals surface area contributed by atoms with E-state index in [1.165, 1.54) is 0 Å². The molecular weight excluding hydrogens is 415 g/mol. The van der Waals surface area contributed by atoms with Crippen LogP contribution in [-0.4, -0.2) is 15.9 Å². The van der Waals surface area contributed by atoms with Crippen LogP contribution >= 0.6 is 43.5 Å². The average Bonchev–Trinajstić information content (AvgIpc) is 2.53. The lowest BCUT2D eigenvalue weighted by Crippen LogP contribution is -2.15. The van der Waals surface area contributed by atoms with Gasteiger partial charge in [-0.2, -0.15) is 0 Å². The van der Waals surface area contributed by atoms with E-state index < -0.39 is 0 Å². The molecule has 3 rings (SSSR count). The van der Waals surface area contributed by atoms with Crippen LogP contribution in [-0.2, 0) is 0 Å². The van der Waals surface area contributed by atoms with Crippen molar-refractivity contribution in [2.24, 2.45) is 0 Å². The number of halogens is 3. The Morgan fingerprint density at radius 1 is 1.05 bits per heavy atom. The summed E-state index contributed by atoms with van der Waals surface area (Å²) in [5.41, 5.74) is 0.705. The van der Waals surface area contributed by atoms with Crippen molar-refractivity contribution in [3.63, 3.8) is 0 Å². The molecule has 0 amide bonds. The van der Waals surface area contributed by atoms with Gasteiger partial charge in [0.25, 0.3) is 0 Å². The third-order valence-electron chi connectivity index (χ3n) is 3.51. The fraction of sp³-hybridized carbons (Fsp3) is 0.118. The molecule has 0 saturated heterocycles. The molecule has 0 heterocycles. The van der Waals surface area contributed by atoms with Crippen LogP contribution in [0.15, 0.2) is 48.5 Å². The van der Waals surface area contributed by atoms with Crippen LogP contribution in [0, 0.1) is 0 Å². The number of fused-ring (bicyclic) bond motifs is 3. The molecule has 4 heteroatoms. The Kier molecular flexibility index (Phi) is 4.34. The smallest absolute Gasteiger partial charge is 0.177 e. The Morgan fingerprint density at radius 2 is 1.76 bits per heavy atom. The van der Waals surface area contributed by atoms with E-state index in [1.54, 1.807) is 0 Å². The number of carbonyl (C=O) groups is 1. The van der Waals surface area contributed by atoms with Gasteiger partial charge >= 0.3 is 0 Å². The van der Waals surface area contributed by atoms with Crippen LogP contribution in [0.3, 0.4) is 0 Å². The van der Waals surface area contributed by atoms with Crippen LogP contribution in [0.1, 0.15) is 10.4 Å². The summed E-state index contributed by atoms with van der Waals surface area (Å²) < 4.78 is 0. The molecule has 0 fully saturated rings. The van der Waals surface area contributed by atoms with Crippen molar-refractivity contribution in [2.45, 2.75) is 4.83 Å². The third kappa shape index (κ3) is 2.75. The maximum atomic E-state index is 12.3. The van der Waals surface area contributed by atoms with Gasteiger partial charge in [-0.05, 0) is 28.3 Å². The van der Waals surface area contributed by atoms with Crippen molar-refractivity contribution in [3.8, 4) is 0 Å². The summed E-state index contributed by atoms with van der Waals surface area (Å²) in [6.45, 7) is 0. The molecule has 0 aliphatic heterocycles. The van der Waals surface area contributed by atoms with Crippen molar-refractivity contribution in [1.29, 1.82) is 0 Å². The summed E-state index contributed by atoms with van der Waals surface area (Å²) >= 11 is 13.0. The highest BCUT2D eigenvalue weighted by Crippen LogP contribution is 2.32. The van der Waals surface area contributed by atoms with E-state index in [1.807, 2.05) is 48.5 Å². The first-order valence-corrected chi connectivity index (χ1v) is 8.88. The van der Waals surface area contributed by atoms with Gasteiger partial charge in [0, 0.05) is 21.3 Å². The number of alkyl halides is 2. The molecule has 1 unspecified atom stereocenters. The van der Waals surface area contributed by atoms with Crippen molar-refractivity contribution < 1.29 is 4.79 Å². The van der Waals surface area contributed by atoms with Gasteiger partial charge in [0.1, 0.15) is 0 Å². The normalized spacial score (nSPS) is 12.7. The first-order chi connectivity index (χ1) is 10.1. The third-order valence-corrected chi connectivity index (χ3v) is 6.08. The van der Waals surface area contributed by atoms with E-state index in [2.05, 4.69) is 31.9 Å². The fourth-order valence-corrected chi connectivity index (χ4v) is 3.30. The Hall–Kier alpha value is -0.900. The lowest BCUT2D eigenvalue weighted by Gasteiger charge is -2.09. The number of Topliss-reactive ketones (excluding diaryl/α,β-unsaturated/α-hetero) is 1. The van der Waals surface area contributed by atoms with E-state index >= 15 is 0 Å². The molecule has 0 aliphatic rings. The summed E-state index contributed by atoms with van der Waals surface area (Å²) in [5.74, 6) is 0.0767. The van der Waals surface area contributed by atoms with Crippen LogP contribution in [0.4, 0.5) is 0 Å². The molecule has 1 atom stereocenters. The lowest BCUT2D eigenvalue weighted by molar-refractivity contribution is 0.0997. The van der Waals surface area contributed by atoms with Gasteiger partial charge in [-0.25, -0.2) is 0 Å².